The van der Waals surface area contributed by atoms with E-state index in [0.29, 0.717) is 12.3 Å². The molecule has 1 saturated heterocycles. The minimum atomic E-state index is -1.12. The summed E-state index contributed by atoms with van der Waals surface area (Å²) in [5.41, 5.74) is 18.0. The van der Waals surface area contributed by atoms with Crippen LogP contribution in [0.15, 0.2) is 0 Å². The quantitative estimate of drug-likeness (QED) is 0.447. The molecule has 3 rings (SSSR count). The molecule has 1 heterocycles. The Morgan fingerprint density at radius 2 is 1.65 bits per heavy atom. The van der Waals surface area contributed by atoms with E-state index in [-0.39, 0.29) is 12.1 Å². The van der Waals surface area contributed by atoms with Gasteiger partial charge in [0.25, 0.3) is 0 Å². The van der Waals surface area contributed by atoms with Gasteiger partial charge in [0.1, 0.15) is 12.2 Å². The Bertz CT molecular complexity index is 409. The van der Waals surface area contributed by atoms with Crippen molar-refractivity contribution >= 4 is 0 Å². The van der Waals surface area contributed by atoms with Crippen molar-refractivity contribution in [2.24, 2.45) is 29.0 Å². The molecule has 8 N–H and O–H groups in total. The highest BCUT2D eigenvalue weighted by Crippen LogP contribution is 2.41. The average molecular weight is 329 g/mol. The molecule has 0 bridgehead atoms. The molecular weight excluding hydrogens is 298 g/mol. The van der Waals surface area contributed by atoms with Gasteiger partial charge in [-0.3, -0.25) is 0 Å². The largest absolute Gasteiger partial charge is 0.389 e. The Kier molecular flexibility index (Phi) is 5.27. The Hall–Kier alpha value is -0.280. The molecular formula is C16H31N3O4. The fourth-order valence-electron chi connectivity index (χ4n) is 3.90. The van der Waals surface area contributed by atoms with Gasteiger partial charge >= 0.3 is 0 Å². The molecule has 23 heavy (non-hydrogen) atoms. The molecule has 0 spiro atoms. The van der Waals surface area contributed by atoms with Gasteiger partial charge in [0, 0.05) is 12.1 Å². The number of hydrogen-bond acceptors (Lipinski definition) is 7. The third-order valence-corrected chi connectivity index (χ3v) is 5.78. The normalized spacial score (nSPS) is 49.8. The Morgan fingerprint density at radius 1 is 0.957 bits per heavy atom. The van der Waals surface area contributed by atoms with Crippen LogP contribution >= 0.6 is 0 Å². The lowest BCUT2D eigenvalue weighted by Crippen LogP contribution is -2.64. The van der Waals surface area contributed by atoms with Crippen LogP contribution in [0.2, 0.25) is 0 Å². The van der Waals surface area contributed by atoms with Gasteiger partial charge < -0.3 is 36.9 Å². The molecule has 0 aromatic carbocycles. The minimum Gasteiger partial charge on any atom is -0.389 e. The lowest BCUT2D eigenvalue weighted by Gasteiger charge is -2.44. The molecule has 0 aromatic heterocycles. The molecule has 0 amide bonds. The molecule has 3 aliphatic rings. The molecule has 0 unspecified atom stereocenters. The monoisotopic (exact) mass is 329 g/mol. The summed E-state index contributed by atoms with van der Waals surface area (Å²) in [6, 6.07) is -1.23. The van der Waals surface area contributed by atoms with Crippen LogP contribution in [-0.4, -0.2) is 59.0 Å². The summed E-state index contributed by atoms with van der Waals surface area (Å²) >= 11 is 0. The third-order valence-electron chi connectivity index (χ3n) is 5.78. The zero-order valence-corrected chi connectivity index (χ0v) is 13.8. The van der Waals surface area contributed by atoms with Gasteiger partial charge in [-0.25, -0.2) is 0 Å². The lowest BCUT2D eigenvalue weighted by molar-refractivity contribution is -0.260. The van der Waals surface area contributed by atoms with Crippen molar-refractivity contribution in [3.05, 3.63) is 0 Å². The van der Waals surface area contributed by atoms with Crippen LogP contribution in [0.3, 0.4) is 0 Å². The van der Waals surface area contributed by atoms with Crippen LogP contribution < -0.4 is 17.2 Å². The van der Waals surface area contributed by atoms with E-state index in [1.54, 1.807) is 0 Å². The topological polar surface area (TPSA) is 137 Å². The first-order chi connectivity index (χ1) is 10.9. The van der Waals surface area contributed by atoms with Gasteiger partial charge in [-0.15, -0.1) is 0 Å². The molecule has 2 saturated carbocycles. The smallest absolute Gasteiger partial charge is 0.173 e. The van der Waals surface area contributed by atoms with Gasteiger partial charge in [0.15, 0.2) is 6.29 Å². The van der Waals surface area contributed by atoms with Gasteiger partial charge in [-0.1, -0.05) is 6.92 Å². The summed E-state index contributed by atoms with van der Waals surface area (Å²) < 4.78 is 12.0. The molecule has 7 nitrogen and oxygen atoms in total. The number of nitrogens with two attached hydrogens (primary N) is 3. The highest BCUT2D eigenvalue weighted by Gasteiger charge is 2.45. The van der Waals surface area contributed by atoms with Crippen molar-refractivity contribution in [1.29, 1.82) is 0 Å². The molecule has 0 aromatic rings. The maximum atomic E-state index is 10.2. The van der Waals surface area contributed by atoms with Gasteiger partial charge in [0.05, 0.1) is 18.2 Å². The first-order valence-corrected chi connectivity index (χ1v) is 8.82. The average Bonchev–Trinajstić information content (AvgIpc) is 3.35. The Balaban J connectivity index is 1.62. The number of rotatable bonds is 4. The zero-order chi connectivity index (χ0) is 16.7. The molecule has 134 valence electrons. The summed E-state index contributed by atoms with van der Waals surface area (Å²) in [5, 5.41) is 20.2. The number of ether oxygens (including phenoxy) is 2. The molecule has 9 atom stereocenters. The van der Waals surface area contributed by atoms with Crippen LogP contribution in [0.1, 0.15) is 39.0 Å². The van der Waals surface area contributed by atoms with Crippen molar-refractivity contribution in [2.75, 3.05) is 0 Å². The number of hydrogen-bond donors (Lipinski definition) is 5. The van der Waals surface area contributed by atoms with Crippen LogP contribution in [0.25, 0.3) is 0 Å². The fraction of sp³-hybridized carbons (Fsp3) is 1.00. The van der Waals surface area contributed by atoms with Gasteiger partial charge in [0.2, 0.25) is 0 Å². The Morgan fingerprint density at radius 3 is 2.30 bits per heavy atom. The summed E-state index contributed by atoms with van der Waals surface area (Å²) in [6.45, 7) is 2.22. The Labute approximate surface area is 137 Å². The van der Waals surface area contributed by atoms with E-state index in [0.717, 1.165) is 18.8 Å². The summed E-state index contributed by atoms with van der Waals surface area (Å²) in [7, 11) is 0. The van der Waals surface area contributed by atoms with Crippen LogP contribution in [0, 0.1) is 11.8 Å². The first-order valence-electron chi connectivity index (χ1n) is 8.82. The maximum absolute atomic E-state index is 10.2. The molecule has 2 aliphatic carbocycles. The first kappa shape index (κ1) is 17.5. The second-order valence-corrected chi connectivity index (χ2v) is 7.63. The molecule has 0 radical (unpaired) electrons. The van der Waals surface area contributed by atoms with Crippen LogP contribution in [0.4, 0.5) is 0 Å². The van der Waals surface area contributed by atoms with Crippen molar-refractivity contribution < 1.29 is 19.7 Å². The third kappa shape index (κ3) is 3.71. The van der Waals surface area contributed by atoms with Crippen molar-refractivity contribution in [3.8, 4) is 0 Å². The standard InChI is InChI=1S/C16H31N3O4/c1-7(8-2-3-8)12-5-4-9(17)16(22-12)23-15-11(19)6-10(18)13(20)14(15)21/h7-16,20-21H,2-6,17-19H2,1H3/t7-,9-,10+,11-,12-,13-,14+,15+,16+/m0/s1. The van der Waals surface area contributed by atoms with Gasteiger partial charge in [-0.2, -0.15) is 0 Å². The molecule has 7 heteroatoms. The van der Waals surface area contributed by atoms with Crippen LogP contribution in [0.5, 0.6) is 0 Å². The van der Waals surface area contributed by atoms with E-state index in [2.05, 4.69) is 6.92 Å². The van der Waals surface area contributed by atoms with E-state index in [4.69, 9.17) is 26.7 Å². The van der Waals surface area contributed by atoms with E-state index in [1.807, 2.05) is 0 Å². The predicted octanol–water partition coefficient (Wildman–Crippen LogP) is -0.970. The highest BCUT2D eigenvalue weighted by atomic mass is 16.7. The number of aliphatic hydroxyl groups excluding tert-OH is 2. The van der Waals surface area contributed by atoms with E-state index < -0.39 is 36.7 Å². The number of aliphatic hydroxyl groups is 2. The fourth-order valence-corrected chi connectivity index (χ4v) is 3.90. The van der Waals surface area contributed by atoms with Crippen molar-refractivity contribution in [3.63, 3.8) is 0 Å². The zero-order valence-electron chi connectivity index (χ0n) is 13.8. The van der Waals surface area contributed by atoms with Crippen molar-refractivity contribution in [1.82, 2.24) is 0 Å². The SMILES string of the molecule is C[C@@H](C1CC1)[C@@H]1CC[C@H](N)[C@@H](O[C@H]2[C@H](O)[C@@H](O)[C@H](N)C[C@@H]2N)O1. The summed E-state index contributed by atoms with van der Waals surface area (Å²) in [6.07, 6.45) is 1.37. The van der Waals surface area contributed by atoms with Crippen molar-refractivity contribution in [2.45, 2.75) is 87.9 Å². The van der Waals surface area contributed by atoms with Gasteiger partial charge in [-0.05, 0) is 43.9 Å². The maximum Gasteiger partial charge on any atom is 0.173 e. The minimum absolute atomic E-state index is 0.136. The molecule has 1 aliphatic heterocycles. The molecule has 3 fully saturated rings. The summed E-state index contributed by atoms with van der Waals surface area (Å²) in [4.78, 5) is 0. The highest BCUT2D eigenvalue weighted by molar-refractivity contribution is 4.98. The van der Waals surface area contributed by atoms with E-state index in [1.165, 1.54) is 12.8 Å². The second-order valence-electron chi connectivity index (χ2n) is 7.63. The van der Waals surface area contributed by atoms with E-state index in [9.17, 15) is 10.2 Å². The summed E-state index contributed by atoms with van der Waals surface area (Å²) in [5.74, 6) is 1.25. The van der Waals surface area contributed by atoms with Crippen LogP contribution in [-0.2, 0) is 9.47 Å². The second kappa shape index (κ2) is 6.92. The lowest BCUT2D eigenvalue weighted by atomic mass is 9.84. The predicted molar refractivity (Wildman–Crippen MR) is 85.2 cm³/mol. The van der Waals surface area contributed by atoms with E-state index >= 15 is 0 Å².